The van der Waals surface area contributed by atoms with E-state index in [-0.39, 0.29) is 22.9 Å². The molecular formula is C20H28ClN3O2. The molecule has 6 heteroatoms. The number of halogens is 1. The number of nitrogens with one attached hydrogen (secondary N) is 1. The molecule has 1 N–H and O–H groups in total. The van der Waals surface area contributed by atoms with E-state index < -0.39 is 0 Å². The Balaban J connectivity index is 1.57. The van der Waals surface area contributed by atoms with Gasteiger partial charge in [0.15, 0.2) is 0 Å². The number of likely N-dealkylation sites (tertiary alicyclic amines) is 2. The molecule has 142 valence electrons. The average molecular weight is 378 g/mol. The molecule has 0 unspecified atom stereocenters. The maximum absolute atomic E-state index is 12.5. The van der Waals surface area contributed by atoms with Crippen molar-refractivity contribution in [2.75, 3.05) is 19.6 Å². The van der Waals surface area contributed by atoms with Gasteiger partial charge < -0.3 is 15.1 Å². The summed E-state index contributed by atoms with van der Waals surface area (Å²) in [5, 5.41) is 3.73. The first kappa shape index (κ1) is 19.0. The van der Waals surface area contributed by atoms with Gasteiger partial charge in [-0.3, -0.25) is 4.79 Å². The Hall–Kier alpha value is -1.75. The van der Waals surface area contributed by atoms with Crippen LogP contribution in [0.5, 0.6) is 0 Å². The number of carbonyl (C=O) groups excluding carboxylic acids is 2. The minimum atomic E-state index is -0.231. The molecule has 2 heterocycles. The number of hydrogen-bond acceptors (Lipinski definition) is 2. The number of carbonyl (C=O) groups is 2. The highest BCUT2D eigenvalue weighted by Gasteiger charge is 2.45. The predicted octanol–water partition coefficient (Wildman–Crippen LogP) is 3.66. The summed E-state index contributed by atoms with van der Waals surface area (Å²) in [5.41, 5.74) is 0.884. The molecule has 3 rings (SSSR count). The quantitative estimate of drug-likeness (QED) is 0.855. The number of nitrogens with zero attached hydrogens (tertiary/aromatic N) is 2. The fourth-order valence-electron chi connectivity index (χ4n) is 3.85. The zero-order valence-corrected chi connectivity index (χ0v) is 16.6. The van der Waals surface area contributed by atoms with Crippen LogP contribution in [0.25, 0.3) is 0 Å². The molecule has 0 saturated carbocycles. The van der Waals surface area contributed by atoms with Crippen LogP contribution in [0, 0.1) is 5.41 Å². The van der Waals surface area contributed by atoms with Crippen molar-refractivity contribution in [3.8, 4) is 0 Å². The van der Waals surface area contributed by atoms with Crippen LogP contribution in [-0.2, 0) is 11.3 Å². The highest BCUT2D eigenvalue weighted by atomic mass is 35.5. The predicted molar refractivity (Wildman–Crippen MR) is 103 cm³/mol. The minimum absolute atomic E-state index is 0.00491. The Morgan fingerprint density at radius 2 is 1.81 bits per heavy atom. The third-order valence-corrected chi connectivity index (χ3v) is 5.54. The molecule has 2 aliphatic rings. The first-order valence-corrected chi connectivity index (χ1v) is 9.63. The molecule has 0 radical (unpaired) electrons. The number of rotatable bonds is 2. The lowest BCUT2D eigenvalue weighted by atomic mass is 9.77. The van der Waals surface area contributed by atoms with Crippen LogP contribution in [0.15, 0.2) is 24.3 Å². The van der Waals surface area contributed by atoms with Crippen molar-refractivity contribution >= 4 is 23.5 Å². The van der Waals surface area contributed by atoms with E-state index in [1.54, 1.807) is 0 Å². The molecule has 2 fully saturated rings. The van der Waals surface area contributed by atoms with Gasteiger partial charge in [-0.1, -0.05) is 23.7 Å². The van der Waals surface area contributed by atoms with Gasteiger partial charge in [0.1, 0.15) is 0 Å². The highest BCUT2D eigenvalue weighted by molar-refractivity contribution is 6.30. The van der Waals surface area contributed by atoms with Crippen molar-refractivity contribution in [3.05, 3.63) is 34.9 Å². The smallest absolute Gasteiger partial charge is 0.317 e. The summed E-state index contributed by atoms with van der Waals surface area (Å²) in [4.78, 5) is 28.7. The van der Waals surface area contributed by atoms with Gasteiger partial charge in [0.25, 0.3) is 0 Å². The van der Waals surface area contributed by atoms with Crippen LogP contribution >= 0.6 is 11.6 Å². The molecule has 1 aromatic rings. The maximum atomic E-state index is 12.5. The van der Waals surface area contributed by atoms with E-state index in [2.05, 4.69) is 5.32 Å². The van der Waals surface area contributed by atoms with Crippen LogP contribution in [0.1, 0.15) is 45.6 Å². The Labute approximate surface area is 160 Å². The molecule has 5 nitrogen and oxygen atoms in total. The second kappa shape index (κ2) is 7.10. The number of hydrogen-bond donors (Lipinski definition) is 1. The fraction of sp³-hybridized carbons (Fsp3) is 0.600. The summed E-state index contributed by atoms with van der Waals surface area (Å²) in [5.74, 6) is 0.215. The van der Waals surface area contributed by atoms with Gasteiger partial charge in [-0.05, 0) is 51.3 Å². The van der Waals surface area contributed by atoms with E-state index in [1.165, 1.54) is 0 Å². The van der Waals surface area contributed by atoms with Crippen molar-refractivity contribution < 1.29 is 9.59 Å². The zero-order chi connectivity index (χ0) is 18.9. The summed E-state index contributed by atoms with van der Waals surface area (Å²) < 4.78 is 0. The lowest BCUT2D eigenvalue weighted by Gasteiger charge is -2.39. The molecule has 0 bridgehead atoms. The first-order chi connectivity index (χ1) is 12.2. The van der Waals surface area contributed by atoms with Crippen molar-refractivity contribution in [1.29, 1.82) is 0 Å². The summed E-state index contributed by atoms with van der Waals surface area (Å²) in [6.07, 6.45) is 2.36. The van der Waals surface area contributed by atoms with Crippen molar-refractivity contribution in [3.63, 3.8) is 0 Å². The molecule has 1 aromatic carbocycles. The van der Waals surface area contributed by atoms with Crippen LogP contribution in [0.3, 0.4) is 0 Å². The normalized spacial score (nSPS) is 19.9. The third-order valence-electron chi connectivity index (χ3n) is 5.29. The number of piperidine rings is 1. The molecular weight excluding hydrogens is 350 g/mol. The summed E-state index contributed by atoms with van der Waals surface area (Å²) in [6, 6.07) is 7.66. The van der Waals surface area contributed by atoms with E-state index in [1.807, 2.05) is 54.8 Å². The molecule has 1 spiro atoms. The topological polar surface area (TPSA) is 52.7 Å². The van der Waals surface area contributed by atoms with E-state index in [4.69, 9.17) is 11.6 Å². The summed E-state index contributed by atoms with van der Waals surface area (Å²) >= 11 is 5.93. The fourth-order valence-corrected chi connectivity index (χ4v) is 3.98. The van der Waals surface area contributed by atoms with E-state index in [0.29, 0.717) is 31.1 Å². The number of amides is 3. The molecule has 2 saturated heterocycles. The second-order valence-corrected chi connectivity index (χ2v) is 9.16. The standard InChI is InChI=1S/C20H28ClN3O2/c1-19(2,3)22-18(26)23-10-8-20(9-11-23)12-17(25)24(14-20)13-15-4-6-16(21)7-5-15/h4-7H,8-14H2,1-3H3,(H,22,26). The monoisotopic (exact) mass is 377 g/mol. The van der Waals surface area contributed by atoms with Gasteiger partial charge in [0.2, 0.25) is 5.91 Å². The van der Waals surface area contributed by atoms with E-state index in [9.17, 15) is 9.59 Å². The molecule has 26 heavy (non-hydrogen) atoms. The van der Waals surface area contributed by atoms with Gasteiger partial charge >= 0.3 is 6.03 Å². The number of benzene rings is 1. The molecule has 0 aromatic heterocycles. The van der Waals surface area contributed by atoms with Gasteiger partial charge in [0.05, 0.1) is 0 Å². The average Bonchev–Trinajstić information content (AvgIpc) is 2.84. The van der Waals surface area contributed by atoms with E-state index in [0.717, 1.165) is 24.9 Å². The summed E-state index contributed by atoms with van der Waals surface area (Å²) in [6.45, 7) is 8.80. The van der Waals surface area contributed by atoms with Crippen molar-refractivity contribution in [2.45, 2.75) is 52.1 Å². The van der Waals surface area contributed by atoms with Crippen molar-refractivity contribution in [2.24, 2.45) is 5.41 Å². The van der Waals surface area contributed by atoms with Gasteiger partial charge in [-0.2, -0.15) is 0 Å². The molecule has 0 atom stereocenters. The Bertz CT molecular complexity index is 673. The third kappa shape index (κ3) is 4.50. The SMILES string of the molecule is CC(C)(C)NC(=O)N1CCC2(CC1)CC(=O)N(Cc1ccc(Cl)cc1)C2. The number of urea groups is 1. The highest BCUT2D eigenvalue weighted by Crippen LogP contribution is 2.41. The van der Waals surface area contributed by atoms with Crippen LogP contribution in [0.4, 0.5) is 4.79 Å². The van der Waals surface area contributed by atoms with Crippen LogP contribution < -0.4 is 5.32 Å². The van der Waals surface area contributed by atoms with Gasteiger partial charge in [0, 0.05) is 48.6 Å². The van der Waals surface area contributed by atoms with Crippen LogP contribution in [0.2, 0.25) is 5.02 Å². The first-order valence-electron chi connectivity index (χ1n) is 9.25. The Morgan fingerprint density at radius 1 is 1.19 bits per heavy atom. The largest absolute Gasteiger partial charge is 0.338 e. The molecule has 2 aliphatic heterocycles. The lowest BCUT2D eigenvalue weighted by Crippen LogP contribution is -2.52. The van der Waals surface area contributed by atoms with Crippen molar-refractivity contribution in [1.82, 2.24) is 15.1 Å². The maximum Gasteiger partial charge on any atom is 0.317 e. The molecule has 3 amide bonds. The lowest BCUT2D eigenvalue weighted by molar-refractivity contribution is -0.128. The van der Waals surface area contributed by atoms with Crippen LogP contribution in [-0.4, -0.2) is 46.9 Å². The zero-order valence-electron chi connectivity index (χ0n) is 15.8. The van der Waals surface area contributed by atoms with Gasteiger partial charge in [-0.15, -0.1) is 0 Å². The Morgan fingerprint density at radius 3 is 2.38 bits per heavy atom. The van der Waals surface area contributed by atoms with Gasteiger partial charge in [-0.25, -0.2) is 4.79 Å². The molecule has 0 aliphatic carbocycles. The summed E-state index contributed by atoms with van der Waals surface area (Å²) in [7, 11) is 0. The minimum Gasteiger partial charge on any atom is -0.338 e. The second-order valence-electron chi connectivity index (χ2n) is 8.72. The Kier molecular flexibility index (Phi) is 5.20. The van der Waals surface area contributed by atoms with E-state index >= 15 is 0 Å².